The summed E-state index contributed by atoms with van der Waals surface area (Å²) in [6.45, 7) is 1.99. The number of rotatable bonds is 4. The Balaban J connectivity index is 1.96. The number of aryl methyl sites for hydroxylation is 1. The van der Waals surface area contributed by atoms with E-state index in [0.717, 1.165) is 12.2 Å². The maximum absolute atomic E-state index is 4.30. The van der Waals surface area contributed by atoms with Crippen LogP contribution in [0, 0.1) is 6.92 Å². The molecule has 0 radical (unpaired) electrons. The zero-order valence-electron chi connectivity index (χ0n) is 11.6. The van der Waals surface area contributed by atoms with Crippen molar-refractivity contribution in [2.45, 2.75) is 19.3 Å². The van der Waals surface area contributed by atoms with Gasteiger partial charge in [0.1, 0.15) is 5.82 Å². The quantitative estimate of drug-likeness (QED) is 0.753. The van der Waals surface area contributed by atoms with Gasteiger partial charge in [0.2, 0.25) is 0 Å². The minimum Gasteiger partial charge on any atom is -0.346 e. The molecule has 3 rings (SSSR count). The molecule has 0 saturated carbocycles. The van der Waals surface area contributed by atoms with Crippen molar-refractivity contribution in [2.24, 2.45) is 0 Å². The molecule has 0 amide bonds. The molecule has 0 bridgehead atoms. The van der Waals surface area contributed by atoms with Crippen LogP contribution in [0.4, 0.5) is 0 Å². The molecule has 2 heteroatoms. The lowest BCUT2D eigenvalue weighted by Crippen LogP contribution is -2.05. The number of H-pyrrole nitrogens is 1. The van der Waals surface area contributed by atoms with Gasteiger partial charge in [0, 0.05) is 17.8 Å². The van der Waals surface area contributed by atoms with Crippen LogP contribution in [0.5, 0.6) is 0 Å². The second-order valence-electron chi connectivity index (χ2n) is 5.07. The van der Waals surface area contributed by atoms with Crippen LogP contribution in [0.2, 0.25) is 0 Å². The van der Waals surface area contributed by atoms with Gasteiger partial charge < -0.3 is 4.98 Å². The molecule has 0 aliphatic rings. The fourth-order valence-corrected chi connectivity index (χ4v) is 2.59. The van der Waals surface area contributed by atoms with Crippen LogP contribution in [0.1, 0.15) is 28.6 Å². The average molecular weight is 262 g/mol. The van der Waals surface area contributed by atoms with Gasteiger partial charge in [0.05, 0.1) is 0 Å². The van der Waals surface area contributed by atoms with Crippen molar-refractivity contribution in [3.05, 3.63) is 89.5 Å². The topological polar surface area (TPSA) is 28.7 Å². The number of aromatic nitrogens is 2. The van der Waals surface area contributed by atoms with Crippen LogP contribution in [0.15, 0.2) is 66.9 Å². The maximum atomic E-state index is 4.30. The van der Waals surface area contributed by atoms with E-state index in [2.05, 4.69) is 70.6 Å². The summed E-state index contributed by atoms with van der Waals surface area (Å²) >= 11 is 0. The smallest absolute Gasteiger partial charge is 0.103 e. The molecule has 1 N–H and O–H groups in total. The Hall–Kier alpha value is -2.35. The van der Waals surface area contributed by atoms with Crippen molar-refractivity contribution in [3.8, 4) is 0 Å². The standard InChI is InChI=1S/C18H18N2/c1-14-19-13-17(20-14)12-18(15-8-4-2-5-9-15)16-10-6-3-7-11-16/h2-11,13,18H,12H2,1H3,(H,19,20). The Morgan fingerprint density at radius 2 is 1.45 bits per heavy atom. The minimum absolute atomic E-state index is 0.359. The van der Waals surface area contributed by atoms with E-state index >= 15 is 0 Å². The first kappa shape index (κ1) is 12.7. The fourth-order valence-electron chi connectivity index (χ4n) is 2.59. The van der Waals surface area contributed by atoms with Gasteiger partial charge in [-0.2, -0.15) is 0 Å². The average Bonchev–Trinajstić information content (AvgIpc) is 2.92. The zero-order valence-corrected chi connectivity index (χ0v) is 11.6. The van der Waals surface area contributed by atoms with E-state index in [1.165, 1.54) is 16.8 Å². The normalized spacial score (nSPS) is 10.9. The van der Waals surface area contributed by atoms with Gasteiger partial charge in [-0.25, -0.2) is 4.98 Å². The van der Waals surface area contributed by atoms with Crippen molar-refractivity contribution >= 4 is 0 Å². The Kier molecular flexibility index (Phi) is 3.64. The number of imidazole rings is 1. The van der Waals surface area contributed by atoms with Crippen LogP contribution in [0.3, 0.4) is 0 Å². The van der Waals surface area contributed by atoms with Crippen LogP contribution < -0.4 is 0 Å². The molecule has 0 unspecified atom stereocenters. The maximum Gasteiger partial charge on any atom is 0.103 e. The molecule has 3 aromatic rings. The molecular weight excluding hydrogens is 244 g/mol. The highest BCUT2D eigenvalue weighted by Crippen LogP contribution is 2.27. The lowest BCUT2D eigenvalue weighted by atomic mass is 9.88. The molecule has 0 aliphatic carbocycles. The van der Waals surface area contributed by atoms with Gasteiger partial charge in [0.15, 0.2) is 0 Å². The summed E-state index contributed by atoms with van der Waals surface area (Å²) in [4.78, 5) is 7.64. The van der Waals surface area contributed by atoms with E-state index < -0.39 is 0 Å². The summed E-state index contributed by atoms with van der Waals surface area (Å²) in [6.07, 6.45) is 2.88. The monoisotopic (exact) mass is 262 g/mol. The molecule has 0 saturated heterocycles. The highest BCUT2D eigenvalue weighted by atomic mass is 14.9. The fraction of sp³-hybridized carbons (Fsp3) is 0.167. The van der Waals surface area contributed by atoms with E-state index in [9.17, 15) is 0 Å². The molecule has 1 heterocycles. The third kappa shape index (κ3) is 2.80. The third-order valence-corrected chi connectivity index (χ3v) is 3.58. The van der Waals surface area contributed by atoms with Gasteiger partial charge in [-0.1, -0.05) is 60.7 Å². The molecule has 100 valence electrons. The Morgan fingerprint density at radius 1 is 0.900 bits per heavy atom. The van der Waals surface area contributed by atoms with E-state index in [0.29, 0.717) is 5.92 Å². The number of nitrogens with zero attached hydrogens (tertiary/aromatic N) is 1. The molecule has 0 aliphatic heterocycles. The summed E-state index contributed by atoms with van der Waals surface area (Å²) in [5.41, 5.74) is 3.86. The Morgan fingerprint density at radius 3 is 1.90 bits per heavy atom. The molecule has 1 aromatic heterocycles. The lowest BCUT2D eigenvalue weighted by Gasteiger charge is -2.17. The van der Waals surface area contributed by atoms with Crippen molar-refractivity contribution in [1.29, 1.82) is 0 Å². The summed E-state index contributed by atoms with van der Waals surface area (Å²) in [5, 5.41) is 0. The molecule has 0 fully saturated rings. The van der Waals surface area contributed by atoms with Gasteiger partial charge in [-0.15, -0.1) is 0 Å². The third-order valence-electron chi connectivity index (χ3n) is 3.58. The second kappa shape index (κ2) is 5.74. The first-order valence-corrected chi connectivity index (χ1v) is 6.93. The van der Waals surface area contributed by atoms with Crippen molar-refractivity contribution in [3.63, 3.8) is 0 Å². The summed E-state index contributed by atoms with van der Waals surface area (Å²) in [5.74, 6) is 1.33. The van der Waals surface area contributed by atoms with E-state index in [1.54, 1.807) is 0 Å². The Labute approximate surface area is 119 Å². The lowest BCUT2D eigenvalue weighted by molar-refractivity contribution is 0.786. The molecule has 0 atom stereocenters. The van der Waals surface area contributed by atoms with Gasteiger partial charge in [-0.05, 0) is 24.5 Å². The molecular formula is C18H18N2. The van der Waals surface area contributed by atoms with E-state index in [4.69, 9.17) is 0 Å². The summed E-state index contributed by atoms with van der Waals surface area (Å²) in [7, 11) is 0. The predicted octanol–water partition coefficient (Wildman–Crippen LogP) is 4.09. The molecule has 2 aromatic carbocycles. The minimum atomic E-state index is 0.359. The van der Waals surface area contributed by atoms with E-state index in [1.807, 2.05) is 13.1 Å². The van der Waals surface area contributed by atoms with Gasteiger partial charge in [-0.3, -0.25) is 0 Å². The number of hydrogen-bond acceptors (Lipinski definition) is 1. The first-order chi connectivity index (χ1) is 9.83. The predicted molar refractivity (Wildman–Crippen MR) is 81.8 cm³/mol. The second-order valence-corrected chi connectivity index (χ2v) is 5.07. The summed E-state index contributed by atoms with van der Waals surface area (Å²) in [6, 6.07) is 21.3. The number of benzene rings is 2. The van der Waals surface area contributed by atoms with Crippen LogP contribution >= 0.6 is 0 Å². The van der Waals surface area contributed by atoms with E-state index in [-0.39, 0.29) is 0 Å². The van der Waals surface area contributed by atoms with Crippen LogP contribution in [-0.2, 0) is 6.42 Å². The SMILES string of the molecule is Cc1ncc(CC(c2ccccc2)c2ccccc2)[nH]1. The highest BCUT2D eigenvalue weighted by Gasteiger charge is 2.15. The number of hydrogen-bond donors (Lipinski definition) is 1. The Bertz CT molecular complexity index is 617. The van der Waals surface area contributed by atoms with Crippen LogP contribution in [0.25, 0.3) is 0 Å². The summed E-state index contributed by atoms with van der Waals surface area (Å²) < 4.78 is 0. The highest BCUT2D eigenvalue weighted by molar-refractivity contribution is 5.33. The molecule has 20 heavy (non-hydrogen) atoms. The zero-order chi connectivity index (χ0) is 13.8. The number of nitrogens with one attached hydrogen (secondary N) is 1. The van der Waals surface area contributed by atoms with Crippen molar-refractivity contribution < 1.29 is 0 Å². The molecule has 2 nitrogen and oxygen atoms in total. The van der Waals surface area contributed by atoms with Crippen LogP contribution in [-0.4, -0.2) is 9.97 Å². The largest absolute Gasteiger partial charge is 0.346 e. The van der Waals surface area contributed by atoms with Crippen molar-refractivity contribution in [2.75, 3.05) is 0 Å². The molecule has 0 spiro atoms. The van der Waals surface area contributed by atoms with Gasteiger partial charge >= 0.3 is 0 Å². The van der Waals surface area contributed by atoms with Crippen molar-refractivity contribution in [1.82, 2.24) is 9.97 Å². The first-order valence-electron chi connectivity index (χ1n) is 6.93. The number of aromatic amines is 1. The van der Waals surface area contributed by atoms with Gasteiger partial charge in [0.25, 0.3) is 0 Å².